The van der Waals surface area contributed by atoms with Crippen molar-refractivity contribution in [3.05, 3.63) is 83.4 Å². The molecule has 0 aromatic heterocycles. The quantitative estimate of drug-likeness (QED) is 0.330. The first-order valence-corrected chi connectivity index (χ1v) is 15.4. The van der Waals surface area contributed by atoms with Gasteiger partial charge in [0.1, 0.15) is 17.5 Å². The number of nitrogens with zero attached hydrogens (tertiary/aromatic N) is 2. The van der Waals surface area contributed by atoms with E-state index in [1.165, 1.54) is 0 Å². The normalized spacial score (nSPS) is 15.7. The Morgan fingerprint density at radius 2 is 1.49 bits per heavy atom. The van der Waals surface area contributed by atoms with Crippen molar-refractivity contribution in [1.82, 2.24) is 4.90 Å². The number of benzene rings is 3. The third-order valence-electron chi connectivity index (χ3n) is 7.72. The first-order chi connectivity index (χ1) is 21.5. The molecule has 0 saturated carbocycles. The highest BCUT2D eigenvalue weighted by molar-refractivity contribution is 6.07. The summed E-state index contributed by atoms with van der Waals surface area (Å²) in [5.74, 6) is 0.0772. The molecule has 5 rings (SSSR count). The van der Waals surface area contributed by atoms with Crippen molar-refractivity contribution in [2.45, 2.75) is 52.2 Å². The van der Waals surface area contributed by atoms with E-state index in [1.54, 1.807) is 35.2 Å². The number of amides is 3. The number of carbonyl (C=O) groups is 3. The fourth-order valence-corrected chi connectivity index (χ4v) is 5.28. The van der Waals surface area contributed by atoms with Crippen LogP contribution in [0.2, 0.25) is 0 Å². The number of aryl methyl sites for hydroxylation is 1. The lowest BCUT2D eigenvalue weighted by Crippen LogP contribution is -2.44. The van der Waals surface area contributed by atoms with Gasteiger partial charge in [-0.2, -0.15) is 0 Å². The molecule has 0 bridgehead atoms. The molecule has 3 aromatic carbocycles. The zero-order valence-corrected chi connectivity index (χ0v) is 26.4. The Kier molecular flexibility index (Phi) is 9.93. The van der Waals surface area contributed by atoms with Crippen molar-refractivity contribution in [3.63, 3.8) is 0 Å². The number of rotatable bonds is 7. The fraction of sp³-hybridized carbons (Fsp3) is 0.400. The monoisotopic (exact) mass is 614 g/mol. The van der Waals surface area contributed by atoms with Crippen LogP contribution in [0.15, 0.2) is 66.7 Å². The van der Waals surface area contributed by atoms with E-state index in [0.29, 0.717) is 67.4 Å². The van der Waals surface area contributed by atoms with Crippen molar-refractivity contribution >= 4 is 35.0 Å². The summed E-state index contributed by atoms with van der Waals surface area (Å²) < 4.78 is 17.1. The Bertz CT molecular complexity index is 1520. The predicted molar refractivity (Wildman–Crippen MR) is 174 cm³/mol. The molecule has 0 spiro atoms. The van der Waals surface area contributed by atoms with E-state index < -0.39 is 5.60 Å². The number of carbonyl (C=O) groups excluding carboxylic acids is 3. The average molecular weight is 615 g/mol. The highest BCUT2D eigenvalue weighted by Gasteiger charge is 2.28. The number of ether oxygens (including phenoxy) is 3. The molecule has 238 valence electrons. The minimum Gasteiger partial charge on any atom is -0.490 e. The number of nitrogens with one attached hydrogen (secondary N) is 2. The summed E-state index contributed by atoms with van der Waals surface area (Å²) in [6.07, 6.45) is 0.964. The predicted octanol–water partition coefficient (Wildman–Crippen LogP) is 6.11. The van der Waals surface area contributed by atoms with Crippen LogP contribution in [-0.2, 0) is 9.47 Å². The summed E-state index contributed by atoms with van der Waals surface area (Å²) in [5.41, 5.74) is 3.49. The lowest BCUT2D eigenvalue weighted by Gasteiger charge is -2.33. The topological polar surface area (TPSA) is 109 Å². The van der Waals surface area contributed by atoms with E-state index in [0.717, 1.165) is 24.3 Å². The Hall–Kier alpha value is -4.57. The standard InChI is InChI=1S/C35H42N4O6/c1-24-11-12-27(36-32(40)25-7-5-9-28(21-25)38-17-19-43-20-18-38)23-31(24)37-33(41)26-8-6-10-30(22-26)44-29-13-15-39(16-14-29)34(42)45-35(2,3)4/h5-12,21-23,29H,13-20H2,1-4H3,(H,36,40)(H,37,41). The van der Waals surface area contributed by atoms with Crippen molar-refractivity contribution in [3.8, 4) is 5.75 Å². The second kappa shape index (κ2) is 14.0. The minimum absolute atomic E-state index is 0.0703. The average Bonchev–Trinajstić information content (AvgIpc) is 3.03. The van der Waals surface area contributed by atoms with Gasteiger partial charge < -0.3 is 34.6 Å². The molecule has 2 aliphatic rings. The highest BCUT2D eigenvalue weighted by atomic mass is 16.6. The molecule has 2 saturated heterocycles. The molecule has 2 N–H and O–H groups in total. The molecule has 2 fully saturated rings. The maximum absolute atomic E-state index is 13.3. The number of morpholine rings is 1. The zero-order valence-electron chi connectivity index (χ0n) is 26.4. The third kappa shape index (κ3) is 8.76. The molecule has 10 nitrogen and oxygen atoms in total. The maximum atomic E-state index is 13.3. The van der Waals surface area contributed by atoms with Crippen LogP contribution in [0.1, 0.15) is 59.9 Å². The first-order valence-electron chi connectivity index (χ1n) is 15.4. The van der Waals surface area contributed by atoms with E-state index in [-0.39, 0.29) is 24.0 Å². The van der Waals surface area contributed by atoms with Crippen molar-refractivity contribution in [1.29, 1.82) is 0 Å². The molecule has 0 aliphatic carbocycles. The molecule has 2 heterocycles. The van der Waals surface area contributed by atoms with Crippen LogP contribution >= 0.6 is 0 Å². The van der Waals surface area contributed by atoms with Gasteiger partial charge in [0.05, 0.1) is 13.2 Å². The summed E-state index contributed by atoms with van der Waals surface area (Å²) >= 11 is 0. The lowest BCUT2D eigenvalue weighted by atomic mass is 10.1. The summed E-state index contributed by atoms with van der Waals surface area (Å²) in [4.78, 5) is 42.7. The minimum atomic E-state index is -0.533. The van der Waals surface area contributed by atoms with E-state index >= 15 is 0 Å². The van der Waals surface area contributed by atoms with Gasteiger partial charge >= 0.3 is 6.09 Å². The maximum Gasteiger partial charge on any atom is 0.410 e. The second-order valence-corrected chi connectivity index (χ2v) is 12.4. The Labute approximate surface area is 264 Å². The van der Waals surface area contributed by atoms with Crippen molar-refractivity contribution < 1.29 is 28.6 Å². The van der Waals surface area contributed by atoms with Crippen LogP contribution in [-0.4, -0.2) is 73.9 Å². The summed E-state index contributed by atoms with van der Waals surface area (Å²) in [5, 5.41) is 5.94. The smallest absolute Gasteiger partial charge is 0.410 e. The molecule has 0 atom stereocenters. The molecule has 45 heavy (non-hydrogen) atoms. The molecular weight excluding hydrogens is 572 g/mol. The Morgan fingerprint density at radius 3 is 2.20 bits per heavy atom. The number of hydrogen-bond acceptors (Lipinski definition) is 7. The van der Waals surface area contributed by atoms with E-state index in [9.17, 15) is 14.4 Å². The summed E-state index contributed by atoms with van der Waals surface area (Å²) in [6.45, 7) is 11.5. The summed E-state index contributed by atoms with van der Waals surface area (Å²) in [7, 11) is 0. The SMILES string of the molecule is Cc1ccc(NC(=O)c2cccc(N3CCOCC3)c2)cc1NC(=O)c1cccc(OC2CCN(C(=O)OC(C)(C)C)CC2)c1. The van der Waals surface area contributed by atoms with Crippen LogP contribution < -0.4 is 20.3 Å². The molecule has 3 aromatic rings. The highest BCUT2D eigenvalue weighted by Crippen LogP contribution is 2.25. The lowest BCUT2D eigenvalue weighted by molar-refractivity contribution is 0.0126. The van der Waals surface area contributed by atoms with Crippen LogP contribution in [0, 0.1) is 6.92 Å². The van der Waals surface area contributed by atoms with Crippen LogP contribution in [0.4, 0.5) is 21.9 Å². The van der Waals surface area contributed by atoms with Crippen LogP contribution in [0.5, 0.6) is 5.75 Å². The van der Waals surface area contributed by atoms with Gasteiger partial charge in [-0.05, 0) is 81.8 Å². The number of anilines is 3. The van der Waals surface area contributed by atoms with E-state index in [2.05, 4.69) is 15.5 Å². The van der Waals surface area contributed by atoms with Crippen LogP contribution in [0.3, 0.4) is 0 Å². The number of piperidine rings is 1. The molecular formula is C35H42N4O6. The summed E-state index contributed by atoms with van der Waals surface area (Å²) in [6, 6.07) is 20.1. The van der Waals surface area contributed by atoms with Crippen LogP contribution in [0.25, 0.3) is 0 Å². The molecule has 0 unspecified atom stereocenters. The Balaban J connectivity index is 1.18. The van der Waals surface area contributed by atoms with Gasteiger partial charge in [0.15, 0.2) is 0 Å². The molecule has 3 amide bonds. The number of hydrogen-bond donors (Lipinski definition) is 2. The van der Waals surface area contributed by atoms with Gasteiger partial charge in [-0.3, -0.25) is 9.59 Å². The van der Waals surface area contributed by atoms with Crippen molar-refractivity contribution in [2.75, 3.05) is 54.9 Å². The first kappa shape index (κ1) is 31.8. The second-order valence-electron chi connectivity index (χ2n) is 12.4. The van der Waals surface area contributed by atoms with Gasteiger partial charge in [0.2, 0.25) is 0 Å². The van der Waals surface area contributed by atoms with Gasteiger partial charge in [0, 0.05) is 67.2 Å². The third-order valence-corrected chi connectivity index (χ3v) is 7.72. The zero-order chi connectivity index (χ0) is 32.0. The van der Waals surface area contributed by atoms with E-state index in [4.69, 9.17) is 14.2 Å². The fourth-order valence-electron chi connectivity index (χ4n) is 5.28. The Morgan fingerprint density at radius 1 is 0.822 bits per heavy atom. The van der Waals surface area contributed by atoms with Gasteiger partial charge in [-0.25, -0.2) is 4.79 Å². The van der Waals surface area contributed by atoms with Gasteiger partial charge in [-0.1, -0.05) is 18.2 Å². The molecule has 10 heteroatoms. The molecule has 0 radical (unpaired) electrons. The largest absolute Gasteiger partial charge is 0.490 e. The van der Waals surface area contributed by atoms with Crippen molar-refractivity contribution in [2.24, 2.45) is 0 Å². The number of likely N-dealkylation sites (tertiary alicyclic amines) is 1. The van der Waals surface area contributed by atoms with E-state index in [1.807, 2.05) is 64.1 Å². The molecule has 2 aliphatic heterocycles. The van der Waals surface area contributed by atoms with Gasteiger partial charge in [-0.15, -0.1) is 0 Å². The van der Waals surface area contributed by atoms with Gasteiger partial charge in [0.25, 0.3) is 11.8 Å².